The molecule has 1 amide bonds. The highest BCUT2D eigenvalue weighted by atomic mass is 16.5. The van der Waals surface area contributed by atoms with Crippen LogP contribution in [-0.4, -0.2) is 29.9 Å². The highest BCUT2D eigenvalue weighted by molar-refractivity contribution is 5.98. The third-order valence-electron chi connectivity index (χ3n) is 2.61. The van der Waals surface area contributed by atoms with Crippen LogP contribution < -0.4 is 0 Å². The van der Waals surface area contributed by atoms with E-state index >= 15 is 0 Å². The molecular formula is C9H11NO3. The van der Waals surface area contributed by atoms with E-state index in [1.807, 2.05) is 6.92 Å². The van der Waals surface area contributed by atoms with E-state index in [2.05, 4.69) is 4.74 Å². The molecule has 2 rings (SSSR count). The topological polar surface area (TPSA) is 46.6 Å². The van der Waals surface area contributed by atoms with E-state index in [1.54, 1.807) is 4.90 Å². The van der Waals surface area contributed by atoms with Crippen molar-refractivity contribution < 1.29 is 14.3 Å². The van der Waals surface area contributed by atoms with Crippen LogP contribution in [0.25, 0.3) is 0 Å². The lowest BCUT2D eigenvalue weighted by molar-refractivity contribution is -0.148. The lowest BCUT2D eigenvalue weighted by Gasteiger charge is -2.35. The van der Waals surface area contributed by atoms with E-state index in [1.165, 1.54) is 7.11 Å². The Morgan fingerprint density at radius 1 is 1.54 bits per heavy atom. The van der Waals surface area contributed by atoms with Gasteiger partial charge in [-0.1, -0.05) is 0 Å². The lowest BCUT2D eigenvalue weighted by Crippen LogP contribution is -2.49. The summed E-state index contributed by atoms with van der Waals surface area (Å²) in [5, 5.41) is 0. The van der Waals surface area contributed by atoms with Crippen LogP contribution >= 0.6 is 0 Å². The van der Waals surface area contributed by atoms with Crippen molar-refractivity contribution in [3.05, 3.63) is 11.3 Å². The van der Waals surface area contributed by atoms with Gasteiger partial charge in [-0.2, -0.15) is 0 Å². The van der Waals surface area contributed by atoms with Crippen LogP contribution in [0.1, 0.15) is 19.8 Å². The molecule has 13 heavy (non-hydrogen) atoms. The smallest absolute Gasteiger partial charge is 0.354 e. The fourth-order valence-electron chi connectivity index (χ4n) is 1.98. The fourth-order valence-corrected chi connectivity index (χ4v) is 1.98. The number of fused-ring (bicyclic) bond motifs is 1. The van der Waals surface area contributed by atoms with Crippen LogP contribution in [-0.2, 0) is 14.3 Å². The first kappa shape index (κ1) is 8.29. The number of hydrogen-bond acceptors (Lipinski definition) is 3. The summed E-state index contributed by atoms with van der Waals surface area (Å²) in [5.41, 5.74) is 1.42. The second-order valence-corrected chi connectivity index (χ2v) is 3.45. The number of ether oxygens (including phenoxy) is 1. The number of β-lactam (4-membered cyclic amide) rings is 1. The minimum atomic E-state index is -0.395. The molecule has 70 valence electrons. The van der Waals surface area contributed by atoms with Crippen molar-refractivity contribution in [2.24, 2.45) is 0 Å². The number of hydrogen-bond donors (Lipinski definition) is 0. The van der Waals surface area contributed by atoms with Gasteiger partial charge >= 0.3 is 5.97 Å². The molecule has 0 unspecified atom stereocenters. The lowest BCUT2D eigenvalue weighted by atomic mass is 10.0. The molecule has 4 nitrogen and oxygen atoms in total. The summed E-state index contributed by atoms with van der Waals surface area (Å²) < 4.78 is 4.61. The summed E-state index contributed by atoms with van der Waals surface area (Å²) in [4.78, 5) is 24.0. The van der Waals surface area contributed by atoms with E-state index in [0.717, 1.165) is 12.0 Å². The number of esters is 1. The van der Waals surface area contributed by atoms with Gasteiger partial charge in [-0.3, -0.25) is 4.79 Å². The minimum absolute atomic E-state index is 0.0299. The number of carbonyl (C=O) groups excluding carboxylic acids is 2. The molecule has 0 aromatic heterocycles. The van der Waals surface area contributed by atoms with Crippen molar-refractivity contribution in [3.63, 3.8) is 0 Å². The van der Waals surface area contributed by atoms with Gasteiger partial charge in [-0.05, 0) is 18.9 Å². The van der Waals surface area contributed by atoms with Crippen LogP contribution in [0, 0.1) is 0 Å². The zero-order valence-electron chi connectivity index (χ0n) is 7.66. The number of methoxy groups -OCH3 is 1. The Hall–Kier alpha value is -1.32. The molecule has 0 aromatic carbocycles. The number of nitrogens with zero attached hydrogens (tertiary/aromatic N) is 1. The maximum atomic E-state index is 11.3. The first-order chi connectivity index (χ1) is 6.15. The van der Waals surface area contributed by atoms with Gasteiger partial charge in [0.15, 0.2) is 0 Å². The average molecular weight is 181 g/mol. The van der Waals surface area contributed by atoms with Crippen molar-refractivity contribution in [2.75, 3.05) is 7.11 Å². The predicted molar refractivity (Wildman–Crippen MR) is 44.6 cm³/mol. The van der Waals surface area contributed by atoms with Gasteiger partial charge in [0, 0.05) is 12.5 Å². The highest BCUT2D eigenvalue weighted by Crippen LogP contribution is 2.38. The van der Waals surface area contributed by atoms with Crippen molar-refractivity contribution in [1.82, 2.24) is 4.90 Å². The zero-order chi connectivity index (χ0) is 9.59. The van der Waals surface area contributed by atoms with E-state index in [0.29, 0.717) is 12.1 Å². The van der Waals surface area contributed by atoms with E-state index < -0.39 is 5.97 Å². The Bertz CT molecular complexity index is 319. The van der Waals surface area contributed by atoms with Crippen molar-refractivity contribution in [3.8, 4) is 0 Å². The fraction of sp³-hybridized carbons (Fsp3) is 0.556. The molecule has 0 bridgehead atoms. The third kappa shape index (κ3) is 0.978. The van der Waals surface area contributed by atoms with Gasteiger partial charge in [0.05, 0.1) is 7.11 Å². The van der Waals surface area contributed by atoms with E-state index in [-0.39, 0.29) is 11.9 Å². The molecule has 2 aliphatic rings. The van der Waals surface area contributed by atoms with Gasteiger partial charge in [0.2, 0.25) is 5.91 Å². The Morgan fingerprint density at radius 3 is 2.77 bits per heavy atom. The maximum absolute atomic E-state index is 11.3. The van der Waals surface area contributed by atoms with E-state index in [9.17, 15) is 9.59 Å². The monoisotopic (exact) mass is 181 g/mol. The summed E-state index contributed by atoms with van der Waals surface area (Å²) in [7, 11) is 1.33. The summed E-state index contributed by atoms with van der Waals surface area (Å²) in [6.45, 7) is 1.87. The van der Waals surface area contributed by atoms with E-state index in [4.69, 9.17) is 0 Å². The second kappa shape index (κ2) is 2.58. The number of rotatable bonds is 1. The highest BCUT2D eigenvalue weighted by Gasteiger charge is 2.46. The molecule has 0 saturated carbocycles. The maximum Gasteiger partial charge on any atom is 0.354 e. The Balaban J connectivity index is 2.29. The van der Waals surface area contributed by atoms with Gasteiger partial charge in [-0.25, -0.2) is 4.79 Å². The Kier molecular flexibility index (Phi) is 1.65. The molecule has 2 aliphatic heterocycles. The van der Waals surface area contributed by atoms with Crippen LogP contribution in [0.4, 0.5) is 0 Å². The minimum Gasteiger partial charge on any atom is -0.464 e. The molecule has 1 fully saturated rings. The standard InChI is InChI=1S/C9H11NO3/c1-5-3-6-4-7(11)10(6)8(5)9(12)13-2/h6H,3-4H2,1-2H3/t6-/m1/s1. The Morgan fingerprint density at radius 2 is 2.23 bits per heavy atom. The molecule has 2 heterocycles. The molecular weight excluding hydrogens is 170 g/mol. The van der Waals surface area contributed by atoms with Crippen LogP contribution in [0.15, 0.2) is 11.3 Å². The number of amides is 1. The molecule has 0 radical (unpaired) electrons. The zero-order valence-corrected chi connectivity index (χ0v) is 7.66. The van der Waals surface area contributed by atoms with Gasteiger partial charge < -0.3 is 9.64 Å². The SMILES string of the molecule is COC(=O)C1=C(C)C[C@@H]2CC(=O)N12. The Labute approximate surface area is 76.2 Å². The van der Waals surface area contributed by atoms with Crippen LogP contribution in [0.5, 0.6) is 0 Å². The third-order valence-corrected chi connectivity index (χ3v) is 2.61. The quantitative estimate of drug-likeness (QED) is 0.435. The predicted octanol–water partition coefficient (Wildman–Crippen LogP) is 0.438. The first-order valence-corrected chi connectivity index (χ1v) is 4.25. The second-order valence-electron chi connectivity index (χ2n) is 3.45. The molecule has 0 spiro atoms. The molecule has 1 saturated heterocycles. The summed E-state index contributed by atoms with van der Waals surface area (Å²) in [5.74, 6) is -0.365. The molecule has 0 aliphatic carbocycles. The molecule has 4 heteroatoms. The average Bonchev–Trinajstić information content (AvgIpc) is 2.36. The normalized spacial score (nSPS) is 25.8. The summed E-state index contributed by atoms with van der Waals surface area (Å²) >= 11 is 0. The van der Waals surface area contributed by atoms with Crippen molar-refractivity contribution >= 4 is 11.9 Å². The van der Waals surface area contributed by atoms with Crippen LogP contribution in [0.3, 0.4) is 0 Å². The first-order valence-electron chi connectivity index (χ1n) is 4.25. The molecule has 0 N–H and O–H groups in total. The van der Waals surface area contributed by atoms with Crippen molar-refractivity contribution in [1.29, 1.82) is 0 Å². The van der Waals surface area contributed by atoms with Gasteiger partial charge in [0.1, 0.15) is 5.70 Å². The molecule has 1 atom stereocenters. The van der Waals surface area contributed by atoms with Crippen LogP contribution in [0.2, 0.25) is 0 Å². The van der Waals surface area contributed by atoms with Gasteiger partial charge in [0.25, 0.3) is 0 Å². The summed E-state index contributed by atoms with van der Waals surface area (Å²) in [6, 6.07) is 0.224. The van der Waals surface area contributed by atoms with Gasteiger partial charge in [-0.15, -0.1) is 0 Å². The number of carbonyl (C=O) groups is 2. The largest absolute Gasteiger partial charge is 0.464 e. The summed E-state index contributed by atoms with van der Waals surface area (Å²) in [6.07, 6.45) is 1.38. The van der Waals surface area contributed by atoms with Crippen molar-refractivity contribution in [2.45, 2.75) is 25.8 Å². The molecule has 0 aromatic rings.